The average Bonchev–Trinajstić information content (AvgIpc) is 2.46. The van der Waals surface area contributed by atoms with E-state index < -0.39 is 28.3 Å². The average molecular weight is 326 g/mol. The molecule has 1 amide bonds. The van der Waals surface area contributed by atoms with Crippen LogP contribution in [0.25, 0.3) is 0 Å². The standard InChI is InChI=1S/C14H9F3N2O4/c15-14(16,17)9-5-10(19(21)22)7-12(6-9)23-11-3-1-8(2-4-11)13(18)20/h1-7H,(H2,18,20). The first-order valence-corrected chi connectivity index (χ1v) is 6.11. The maximum atomic E-state index is 12.8. The summed E-state index contributed by atoms with van der Waals surface area (Å²) in [6, 6.07) is 7.20. The van der Waals surface area contributed by atoms with Crippen molar-refractivity contribution in [3.63, 3.8) is 0 Å². The highest BCUT2D eigenvalue weighted by Gasteiger charge is 2.33. The summed E-state index contributed by atoms with van der Waals surface area (Å²) in [6.45, 7) is 0. The fourth-order valence-electron chi connectivity index (χ4n) is 1.73. The molecule has 0 heterocycles. The molecule has 2 aromatic carbocycles. The number of nitrogens with two attached hydrogens (primary N) is 1. The van der Waals surface area contributed by atoms with Crippen LogP contribution in [0.3, 0.4) is 0 Å². The molecule has 0 aliphatic carbocycles. The molecule has 2 N–H and O–H groups in total. The summed E-state index contributed by atoms with van der Waals surface area (Å²) in [5.41, 5.74) is 3.30. The van der Waals surface area contributed by atoms with Crippen molar-refractivity contribution in [2.45, 2.75) is 6.18 Å². The molecule has 0 aliphatic heterocycles. The number of primary amides is 1. The number of carbonyl (C=O) groups excluding carboxylic acids is 1. The Kier molecular flexibility index (Phi) is 4.21. The second-order valence-electron chi connectivity index (χ2n) is 4.46. The highest BCUT2D eigenvalue weighted by atomic mass is 19.4. The number of halogens is 3. The molecule has 9 heteroatoms. The van der Waals surface area contributed by atoms with Gasteiger partial charge in [-0.05, 0) is 30.3 Å². The summed E-state index contributed by atoms with van der Waals surface area (Å²) in [7, 11) is 0. The quantitative estimate of drug-likeness (QED) is 0.687. The molecular weight excluding hydrogens is 317 g/mol. The summed E-state index contributed by atoms with van der Waals surface area (Å²) in [5, 5.41) is 10.7. The van der Waals surface area contributed by atoms with Crippen molar-refractivity contribution in [2.75, 3.05) is 0 Å². The molecule has 23 heavy (non-hydrogen) atoms. The van der Waals surface area contributed by atoms with E-state index in [9.17, 15) is 28.1 Å². The molecule has 2 aromatic rings. The lowest BCUT2D eigenvalue weighted by Gasteiger charge is -2.10. The van der Waals surface area contributed by atoms with Gasteiger partial charge in [0.15, 0.2) is 0 Å². The molecule has 6 nitrogen and oxygen atoms in total. The predicted molar refractivity (Wildman–Crippen MR) is 73.1 cm³/mol. The fourth-order valence-corrected chi connectivity index (χ4v) is 1.73. The molecule has 120 valence electrons. The third-order valence-corrected chi connectivity index (χ3v) is 2.80. The van der Waals surface area contributed by atoms with Gasteiger partial charge in [-0.25, -0.2) is 0 Å². The zero-order valence-electron chi connectivity index (χ0n) is 11.3. The highest BCUT2D eigenvalue weighted by molar-refractivity contribution is 5.92. The number of hydrogen-bond acceptors (Lipinski definition) is 4. The minimum absolute atomic E-state index is 0.101. The first-order valence-electron chi connectivity index (χ1n) is 6.11. The lowest BCUT2D eigenvalue weighted by molar-refractivity contribution is -0.385. The molecule has 2 rings (SSSR count). The maximum Gasteiger partial charge on any atom is 0.416 e. The van der Waals surface area contributed by atoms with E-state index >= 15 is 0 Å². The first-order chi connectivity index (χ1) is 10.7. The first kappa shape index (κ1) is 16.3. The van der Waals surface area contributed by atoms with E-state index in [0.717, 1.165) is 6.07 Å². The smallest absolute Gasteiger partial charge is 0.416 e. The fraction of sp³-hybridized carbons (Fsp3) is 0.0714. The highest BCUT2D eigenvalue weighted by Crippen LogP contribution is 2.36. The summed E-state index contributed by atoms with van der Waals surface area (Å²) >= 11 is 0. The van der Waals surface area contributed by atoms with Crippen LogP contribution in [-0.2, 0) is 6.18 Å². The molecule has 0 bridgehead atoms. The minimum Gasteiger partial charge on any atom is -0.457 e. The van der Waals surface area contributed by atoms with Crippen LogP contribution in [0.4, 0.5) is 18.9 Å². The van der Waals surface area contributed by atoms with E-state index in [1.54, 1.807) is 0 Å². The maximum absolute atomic E-state index is 12.8. The Morgan fingerprint density at radius 1 is 1.09 bits per heavy atom. The number of alkyl halides is 3. The number of nitro benzene ring substituents is 1. The normalized spacial score (nSPS) is 11.1. The van der Waals surface area contributed by atoms with Gasteiger partial charge in [-0.1, -0.05) is 0 Å². The van der Waals surface area contributed by atoms with Crippen LogP contribution in [0.1, 0.15) is 15.9 Å². The predicted octanol–water partition coefficient (Wildman–Crippen LogP) is 3.50. The monoisotopic (exact) mass is 326 g/mol. The van der Waals surface area contributed by atoms with Crippen LogP contribution in [-0.4, -0.2) is 10.8 Å². The number of nitrogens with zero attached hydrogens (tertiary/aromatic N) is 1. The molecule has 0 spiro atoms. The molecule has 0 fully saturated rings. The zero-order valence-corrected chi connectivity index (χ0v) is 11.3. The van der Waals surface area contributed by atoms with E-state index in [2.05, 4.69) is 0 Å². The summed E-state index contributed by atoms with van der Waals surface area (Å²) in [5.74, 6) is -0.923. The van der Waals surface area contributed by atoms with E-state index in [-0.39, 0.29) is 17.1 Å². The van der Waals surface area contributed by atoms with Gasteiger partial charge in [0.2, 0.25) is 5.91 Å². The number of amides is 1. The molecule has 0 saturated carbocycles. The lowest BCUT2D eigenvalue weighted by atomic mass is 10.1. The Hall–Kier alpha value is -3.10. The van der Waals surface area contributed by atoms with E-state index in [1.807, 2.05) is 0 Å². The van der Waals surface area contributed by atoms with Crippen LogP contribution in [0.15, 0.2) is 42.5 Å². The van der Waals surface area contributed by atoms with Crippen molar-refractivity contribution < 1.29 is 27.6 Å². The molecule has 0 saturated heterocycles. The summed E-state index contributed by atoms with van der Waals surface area (Å²) in [6.07, 6.45) is -4.75. The van der Waals surface area contributed by atoms with Crippen LogP contribution in [0.5, 0.6) is 11.5 Å². The molecule has 0 unspecified atom stereocenters. The zero-order chi connectivity index (χ0) is 17.2. The van der Waals surface area contributed by atoms with Crippen molar-refractivity contribution in [1.82, 2.24) is 0 Å². The van der Waals surface area contributed by atoms with Gasteiger partial charge in [0, 0.05) is 11.6 Å². The Morgan fingerprint density at radius 2 is 1.70 bits per heavy atom. The number of hydrogen-bond donors (Lipinski definition) is 1. The van der Waals surface area contributed by atoms with Crippen molar-refractivity contribution in [3.8, 4) is 11.5 Å². The molecule has 0 aromatic heterocycles. The van der Waals surface area contributed by atoms with Crippen LogP contribution >= 0.6 is 0 Å². The minimum atomic E-state index is -4.75. The Labute approximate surface area is 127 Å². The van der Waals surface area contributed by atoms with Gasteiger partial charge in [-0.3, -0.25) is 14.9 Å². The Morgan fingerprint density at radius 3 is 2.17 bits per heavy atom. The van der Waals surface area contributed by atoms with Gasteiger partial charge >= 0.3 is 6.18 Å². The number of non-ortho nitro benzene ring substituents is 1. The third kappa shape index (κ3) is 3.96. The SMILES string of the molecule is NC(=O)c1ccc(Oc2cc([N+](=O)[O-])cc(C(F)(F)F)c2)cc1. The molecule has 0 atom stereocenters. The van der Waals surface area contributed by atoms with Crippen molar-refractivity contribution in [1.29, 1.82) is 0 Å². The number of carbonyl (C=O) groups is 1. The number of rotatable bonds is 4. The van der Waals surface area contributed by atoms with E-state index in [4.69, 9.17) is 10.5 Å². The summed E-state index contributed by atoms with van der Waals surface area (Å²) in [4.78, 5) is 20.7. The van der Waals surface area contributed by atoms with Gasteiger partial charge in [0.05, 0.1) is 16.6 Å². The number of ether oxygens (including phenoxy) is 1. The van der Waals surface area contributed by atoms with E-state index in [0.29, 0.717) is 12.1 Å². The Bertz CT molecular complexity index is 758. The molecule has 0 radical (unpaired) electrons. The van der Waals surface area contributed by atoms with Gasteiger partial charge < -0.3 is 10.5 Å². The molecule has 0 aliphatic rings. The van der Waals surface area contributed by atoms with Crippen LogP contribution in [0, 0.1) is 10.1 Å². The summed E-state index contributed by atoms with van der Waals surface area (Å²) < 4.78 is 43.5. The van der Waals surface area contributed by atoms with Gasteiger partial charge in [0.25, 0.3) is 5.69 Å². The van der Waals surface area contributed by atoms with Crippen LogP contribution < -0.4 is 10.5 Å². The topological polar surface area (TPSA) is 95.5 Å². The van der Waals surface area contributed by atoms with Gasteiger partial charge in [-0.15, -0.1) is 0 Å². The number of nitro groups is 1. The van der Waals surface area contributed by atoms with Crippen molar-refractivity contribution in [2.24, 2.45) is 5.73 Å². The second kappa shape index (κ2) is 5.95. The second-order valence-corrected chi connectivity index (χ2v) is 4.46. The van der Waals surface area contributed by atoms with Crippen LogP contribution in [0.2, 0.25) is 0 Å². The number of benzene rings is 2. The van der Waals surface area contributed by atoms with Gasteiger partial charge in [0.1, 0.15) is 11.5 Å². The van der Waals surface area contributed by atoms with E-state index in [1.165, 1.54) is 24.3 Å². The van der Waals surface area contributed by atoms with Crippen molar-refractivity contribution in [3.05, 3.63) is 63.7 Å². The third-order valence-electron chi connectivity index (χ3n) is 2.80. The lowest BCUT2D eigenvalue weighted by Crippen LogP contribution is -2.10. The molecular formula is C14H9F3N2O4. The largest absolute Gasteiger partial charge is 0.457 e. The Balaban J connectivity index is 2.36. The van der Waals surface area contributed by atoms with Crippen molar-refractivity contribution >= 4 is 11.6 Å². The van der Waals surface area contributed by atoms with Gasteiger partial charge in [-0.2, -0.15) is 13.2 Å².